The highest BCUT2D eigenvalue weighted by Gasteiger charge is 2.38. The molecule has 324 valence electrons. The quantitative estimate of drug-likeness (QED) is 0.0703. The Kier molecular flexibility index (Phi) is 16.3. The standard InChI is InChI=1S/C53H88O4/c1-17-25-37(45-35-56-45)27-23-29-54-47-41(49(7,8)19-3)31-39(32-42(47)50(9,10)20-4)53(15,16)40-33-43(51(11,12)21-5)48(44(34-40)52(13,14)22-6)55-30-24-28-38(26-18-2)46-36-57-46/h31-34,37-38,45-46H,17-30,35-36H2,1-16H3. The van der Waals surface area contributed by atoms with Crippen LogP contribution in [0.25, 0.3) is 0 Å². The zero-order valence-electron chi connectivity index (χ0n) is 40.1. The van der Waals surface area contributed by atoms with Crippen LogP contribution in [0.15, 0.2) is 24.3 Å². The second-order valence-corrected chi connectivity index (χ2v) is 21.2. The molecule has 2 saturated heterocycles. The molecule has 0 N–H and O–H groups in total. The van der Waals surface area contributed by atoms with Crippen LogP contribution in [-0.2, 0) is 36.5 Å². The molecule has 57 heavy (non-hydrogen) atoms. The summed E-state index contributed by atoms with van der Waals surface area (Å²) in [4.78, 5) is 0. The van der Waals surface area contributed by atoms with Crippen molar-refractivity contribution >= 4 is 0 Å². The second-order valence-electron chi connectivity index (χ2n) is 21.2. The molecule has 0 aliphatic carbocycles. The van der Waals surface area contributed by atoms with E-state index >= 15 is 0 Å². The van der Waals surface area contributed by atoms with Crippen LogP contribution in [0.5, 0.6) is 11.5 Å². The van der Waals surface area contributed by atoms with Gasteiger partial charge >= 0.3 is 0 Å². The number of ether oxygens (including phenoxy) is 4. The fraction of sp³-hybridized carbons (Fsp3) is 0.774. The van der Waals surface area contributed by atoms with Crippen LogP contribution in [0.3, 0.4) is 0 Å². The average Bonchev–Trinajstić information content (AvgIpc) is 4.11. The smallest absolute Gasteiger partial charge is 0.126 e. The molecular formula is C53H88O4. The minimum Gasteiger partial charge on any atom is -0.493 e. The van der Waals surface area contributed by atoms with Crippen LogP contribution in [-0.4, -0.2) is 38.6 Å². The van der Waals surface area contributed by atoms with Gasteiger partial charge in [-0.1, -0.05) is 148 Å². The first-order valence-corrected chi connectivity index (χ1v) is 23.6. The minimum absolute atomic E-state index is 0.0449. The normalized spacial score (nSPS) is 18.7. The van der Waals surface area contributed by atoms with E-state index in [0.717, 1.165) is 76.5 Å². The van der Waals surface area contributed by atoms with E-state index in [2.05, 4.69) is 135 Å². The molecule has 0 bridgehead atoms. The first-order chi connectivity index (χ1) is 26.7. The topological polar surface area (TPSA) is 43.5 Å². The molecule has 0 spiro atoms. The maximum atomic E-state index is 7.05. The molecular weight excluding hydrogens is 701 g/mol. The summed E-state index contributed by atoms with van der Waals surface area (Å²) >= 11 is 0. The van der Waals surface area contributed by atoms with Gasteiger partial charge in [-0.15, -0.1) is 0 Å². The van der Waals surface area contributed by atoms with Gasteiger partial charge in [-0.05, 0) is 109 Å². The number of benzene rings is 2. The SMILES string of the molecule is CCCC(CCCOc1c(C(C)(C)CC)cc(C(C)(C)c2cc(C(C)(C)CC)c(OCCCC(CCC)C3CO3)c(C(C)(C)CC)c2)cc1C(C)(C)CC)C1CO1. The van der Waals surface area contributed by atoms with Crippen molar-refractivity contribution in [2.45, 2.75) is 227 Å². The van der Waals surface area contributed by atoms with E-state index in [1.165, 1.54) is 71.9 Å². The van der Waals surface area contributed by atoms with Crippen LogP contribution in [0, 0.1) is 11.8 Å². The summed E-state index contributed by atoms with van der Waals surface area (Å²) in [5.74, 6) is 3.56. The molecule has 2 heterocycles. The van der Waals surface area contributed by atoms with Gasteiger partial charge in [0.2, 0.25) is 0 Å². The summed E-state index contributed by atoms with van der Waals surface area (Å²) in [6, 6.07) is 10.1. The highest BCUT2D eigenvalue weighted by Crippen LogP contribution is 2.50. The molecule has 4 nitrogen and oxygen atoms in total. The Morgan fingerprint density at radius 1 is 0.491 bits per heavy atom. The average molecular weight is 789 g/mol. The van der Waals surface area contributed by atoms with E-state index in [1.807, 2.05) is 0 Å². The van der Waals surface area contributed by atoms with Gasteiger partial charge in [-0.3, -0.25) is 0 Å². The Morgan fingerprint density at radius 3 is 1.00 bits per heavy atom. The van der Waals surface area contributed by atoms with Crippen LogP contribution in [0.1, 0.15) is 221 Å². The molecule has 4 heteroatoms. The number of hydrogen-bond acceptors (Lipinski definition) is 4. The summed E-state index contributed by atoms with van der Waals surface area (Å²) in [6.07, 6.45) is 14.5. The Hall–Kier alpha value is -2.04. The molecule has 4 atom stereocenters. The molecule has 0 saturated carbocycles. The van der Waals surface area contributed by atoms with E-state index in [0.29, 0.717) is 24.0 Å². The molecule has 2 aromatic carbocycles. The third kappa shape index (κ3) is 11.6. The van der Waals surface area contributed by atoms with Gasteiger partial charge in [0.25, 0.3) is 0 Å². The van der Waals surface area contributed by atoms with E-state index in [9.17, 15) is 0 Å². The highest BCUT2D eigenvalue weighted by molar-refractivity contribution is 5.58. The van der Waals surface area contributed by atoms with Gasteiger partial charge in [0.05, 0.1) is 38.6 Å². The van der Waals surface area contributed by atoms with Crippen LogP contribution in [0.4, 0.5) is 0 Å². The number of hydrogen-bond donors (Lipinski definition) is 0. The molecule has 2 fully saturated rings. The fourth-order valence-electron chi connectivity index (χ4n) is 8.70. The van der Waals surface area contributed by atoms with Crippen LogP contribution >= 0.6 is 0 Å². The minimum atomic E-state index is -0.263. The van der Waals surface area contributed by atoms with Gasteiger partial charge in [0.15, 0.2) is 0 Å². The maximum Gasteiger partial charge on any atom is 0.126 e. The summed E-state index contributed by atoms with van der Waals surface area (Å²) in [5, 5.41) is 0. The van der Waals surface area contributed by atoms with E-state index in [1.54, 1.807) is 0 Å². The fourth-order valence-corrected chi connectivity index (χ4v) is 8.70. The summed E-state index contributed by atoms with van der Waals surface area (Å²) in [7, 11) is 0. The molecule has 0 amide bonds. The molecule has 0 radical (unpaired) electrons. The van der Waals surface area contributed by atoms with E-state index < -0.39 is 0 Å². The van der Waals surface area contributed by atoms with Crippen molar-refractivity contribution in [2.75, 3.05) is 26.4 Å². The van der Waals surface area contributed by atoms with Gasteiger partial charge < -0.3 is 18.9 Å². The molecule has 2 aliphatic rings. The third-order valence-electron chi connectivity index (χ3n) is 15.1. The summed E-state index contributed by atoms with van der Waals surface area (Å²) < 4.78 is 25.6. The van der Waals surface area contributed by atoms with Gasteiger partial charge in [-0.2, -0.15) is 0 Å². The predicted molar refractivity (Wildman–Crippen MR) is 244 cm³/mol. The number of epoxide rings is 2. The first-order valence-electron chi connectivity index (χ1n) is 23.6. The maximum absolute atomic E-state index is 7.05. The van der Waals surface area contributed by atoms with Gasteiger partial charge in [0, 0.05) is 27.7 Å². The zero-order chi connectivity index (χ0) is 42.4. The van der Waals surface area contributed by atoms with Crippen molar-refractivity contribution < 1.29 is 18.9 Å². The van der Waals surface area contributed by atoms with E-state index in [4.69, 9.17) is 18.9 Å². The summed E-state index contributed by atoms with van der Waals surface area (Å²) in [5.41, 5.74) is 7.70. The Balaban J connectivity index is 1.83. The lowest BCUT2D eigenvalue weighted by atomic mass is 9.68. The van der Waals surface area contributed by atoms with Crippen molar-refractivity contribution in [3.8, 4) is 11.5 Å². The summed E-state index contributed by atoms with van der Waals surface area (Å²) in [6.45, 7) is 41.5. The highest BCUT2D eigenvalue weighted by atomic mass is 16.6. The molecule has 4 unspecified atom stereocenters. The Morgan fingerprint density at radius 2 is 0.772 bits per heavy atom. The number of rotatable bonds is 26. The van der Waals surface area contributed by atoms with Crippen LogP contribution < -0.4 is 9.47 Å². The predicted octanol–water partition coefficient (Wildman–Crippen LogP) is 14.7. The lowest BCUT2D eigenvalue weighted by Crippen LogP contribution is -2.29. The second kappa shape index (κ2) is 19.6. The lowest BCUT2D eigenvalue weighted by Gasteiger charge is -2.38. The van der Waals surface area contributed by atoms with E-state index in [-0.39, 0.29) is 27.1 Å². The monoisotopic (exact) mass is 789 g/mol. The van der Waals surface area contributed by atoms with Crippen molar-refractivity contribution in [1.82, 2.24) is 0 Å². The Labute approximate surface area is 352 Å². The van der Waals surface area contributed by atoms with Crippen molar-refractivity contribution in [1.29, 1.82) is 0 Å². The van der Waals surface area contributed by atoms with Crippen molar-refractivity contribution in [2.24, 2.45) is 11.8 Å². The van der Waals surface area contributed by atoms with Gasteiger partial charge in [-0.25, -0.2) is 0 Å². The van der Waals surface area contributed by atoms with Gasteiger partial charge in [0.1, 0.15) is 11.5 Å². The lowest BCUT2D eigenvalue weighted by molar-refractivity contribution is 0.251. The largest absolute Gasteiger partial charge is 0.493 e. The molecule has 2 aliphatic heterocycles. The molecule has 4 rings (SSSR count). The van der Waals surface area contributed by atoms with Crippen LogP contribution in [0.2, 0.25) is 0 Å². The zero-order valence-corrected chi connectivity index (χ0v) is 40.1. The molecule has 2 aromatic rings. The molecule has 0 aromatic heterocycles. The first kappa shape index (κ1) is 47.6. The van der Waals surface area contributed by atoms with Crippen molar-refractivity contribution in [3.63, 3.8) is 0 Å². The third-order valence-corrected chi connectivity index (χ3v) is 15.1. The van der Waals surface area contributed by atoms with Crippen molar-refractivity contribution in [3.05, 3.63) is 57.6 Å². The Bertz CT molecular complexity index is 1380.